The second kappa shape index (κ2) is 8.66. The zero-order chi connectivity index (χ0) is 20.0. The zero-order valence-corrected chi connectivity index (χ0v) is 16.2. The molecular weight excluding hydrogens is 346 g/mol. The monoisotopic (exact) mass is 371 g/mol. The highest BCUT2D eigenvalue weighted by molar-refractivity contribution is 6.09. The molecule has 27 heavy (non-hydrogen) atoms. The highest BCUT2D eigenvalue weighted by Gasteiger charge is 2.32. The third-order valence-corrected chi connectivity index (χ3v) is 3.72. The number of hydrogen-bond acceptors (Lipinski definition) is 5. The minimum absolute atomic E-state index is 0.144. The van der Waals surface area contributed by atoms with Crippen LogP contribution >= 0.6 is 0 Å². The normalized spacial score (nSPS) is 15.3. The first kappa shape index (κ1) is 20.4. The number of Topliss-reactive ketones (excluding diaryl/α,β-unsaturated/α-hetero) is 1. The number of hydrogen-bond donors (Lipinski definition) is 0. The Morgan fingerprint density at radius 1 is 1.19 bits per heavy atom. The molecule has 1 heterocycles. The molecule has 0 unspecified atom stereocenters. The van der Waals surface area contributed by atoms with E-state index >= 15 is 0 Å². The van der Waals surface area contributed by atoms with Gasteiger partial charge in [-0.3, -0.25) is 9.69 Å². The molecular formula is C21H25NO5. The van der Waals surface area contributed by atoms with E-state index in [1.54, 1.807) is 27.7 Å². The second-order valence-electron chi connectivity index (χ2n) is 7.02. The van der Waals surface area contributed by atoms with Gasteiger partial charge in [-0.05, 0) is 39.3 Å². The molecule has 2 rings (SSSR count). The topological polar surface area (TPSA) is 72.9 Å². The number of esters is 1. The van der Waals surface area contributed by atoms with E-state index in [2.05, 4.69) is 0 Å². The molecule has 144 valence electrons. The SMILES string of the molecule is CCOC(=O)C=CC1=C(c2ccccc2)N(C(=O)OC(C)(C)C)CCC1=O. The molecule has 0 radical (unpaired) electrons. The Bertz CT molecular complexity index is 772. The maximum Gasteiger partial charge on any atom is 0.414 e. The lowest BCUT2D eigenvalue weighted by molar-refractivity contribution is -0.137. The summed E-state index contributed by atoms with van der Waals surface area (Å²) in [6.45, 7) is 7.52. The third-order valence-electron chi connectivity index (χ3n) is 3.72. The third kappa shape index (κ3) is 5.54. The number of amides is 1. The van der Waals surface area contributed by atoms with Crippen LogP contribution in [0.1, 0.15) is 39.7 Å². The number of benzene rings is 1. The molecule has 6 nitrogen and oxygen atoms in total. The lowest BCUT2D eigenvalue weighted by atomic mass is 9.95. The molecule has 0 spiro atoms. The van der Waals surface area contributed by atoms with Gasteiger partial charge in [0.05, 0.1) is 12.3 Å². The van der Waals surface area contributed by atoms with Crippen LogP contribution in [0, 0.1) is 0 Å². The quantitative estimate of drug-likeness (QED) is 0.596. The number of ether oxygens (including phenoxy) is 2. The van der Waals surface area contributed by atoms with E-state index in [9.17, 15) is 14.4 Å². The smallest absolute Gasteiger partial charge is 0.414 e. The Kier molecular flexibility index (Phi) is 6.55. The number of nitrogens with zero attached hydrogens (tertiary/aromatic N) is 1. The standard InChI is InChI=1S/C21H25NO5/c1-5-26-18(24)12-11-16-17(23)13-14-22(20(25)27-21(2,3)4)19(16)15-9-7-6-8-10-15/h6-12H,5,13-14H2,1-4H3. The highest BCUT2D eigenvalue weighted by Crippen LogP contribution is 2.31. The molecule has 0 saturated heterocycles. The summed E-state index contributed by atoms with van der Waals surface area (Å²) < 4.78 is 10.4. The summed E-state index contributed by atoms with van der Waals surface area (Å²) >= 11 is 0. The van der Waals surface area contributed by atoms with Crippen molar-refractivity contribution in [2.45, 2.75) is 39.7 Å². The molecule has 0 N–H and O–H groups in total. The molecule has 0 saturated carbocycles. The van der Waals surface area contributed by atoms with Gasteiger partial charge >= 0.3 is 12.1 Å². The number of allylic oxidation sites excluding steroid dienone is 2. The van der Waals surface area contributed by atoms with Gasteiger partial charge in [-0.25, -0.2) is 9.59 Å². The summed E-state index contributed by atoms with van der Waals surface area (Å²) in [4.78, 5) is 38.4. The molecule has 0 bridgehead atoms. The largest absolute Gasteiger partial charge is 0.463 e. The fourth-order valence-electron chi connectivity index (χ4n) is 2.66. The number of rotatable bonds is 4. The van der Waals surface area contributed by atoms with Crippen LogP contribution in [0.5, 0.6) is 0 Å². The summed E-state index contributed by atoms with van der Waals surface area (Å²) in [6.07, 6.45) is 2.24. The van der Waals surface area contributed by atoms with Gasteiger partial charge < -0.3 is 9.47 Å². The van der Waals surface area contributed by atoms with Crippen molar-refractivity contribution >= 4 is 23.5 Å². The second-order valence-corrected chi connectivity index (χ2v) is 7.02. The predicted molar refractivity (Wildman–Crippen MR) is 102 cm³/mol. The van der Waals surface area contributed by atoms with E-state index in [1.165, 1.54) is 17.1 Å². The van der Waals surface area contributed by atoms with Crippen molar-refractivity contribution in [1.29, 1.82) is 0 Å². The fraction of sp³-hybridized carbons (Fsp3) is 0.381. The van der Waals surface area contributed by atoms with Crippen LogP contribution in [0.4, 0.5) is 4.79 Å². The van der Waals surface area contributed by atoms with Crippen LogP contribution in [0.15, 0.2) is 48.1 Å². The van der Waals surface area contributed by atoms with Crippen LogP contribution in [0.3, 0.4) is 0 Å². The van der Waals surface area contributed by atoms with Crippen molar-refractivity contribution in [2.75, 3.05) is 13.2 Å². The average molecular weight is 371 g/mol. The summed E-state index contributed by atoms with van der Waals surface area (Å²) in [7, 11) is 0. The number of carbonyl (C=O) groups excluding carboxylic acids is 3. The van der Waals surface area contributed by atoms with E-state index < -0.39 is 17.7 Å². The Labute approximate surface area is 159 Å². The Hall–Kier alpha value is -2.89. The predicted octanol–water partition coefficient (Wildman–Crippen LogP) is 3.73. The van der Waals surface area contributed by atoms with Crippen LogP contribution in [0.2, 0.25) is 0 Å². The number of carbonyl (C=O) groups is 3. The van der Waals surface area contributed by atoms with Gasteiger partial charge in [0.2, 0.25) is 0 Å². The molecule has 1 aromatic carbocycles. The average Bonchev–Trinajstić information content (AvgIpc) is 2.59. The van der Waals surface area contributed by atoms with Crippen LogP contribution in [0.25, 0.3) is 5.70 Å². The van der Waals surface area contributed by atoms with Crippen molar-refractivity contribution in [3.05, 3.63) is 53.6 Å². The molecule has 0 aliphatic carbocycles. The first-order chi connectivity index (χ1) is 12.7. The molecule has 0 fully saturated rings. The van der Waals surface area contributed by atoms with E-state index in [-0.39, 0.29) is 30.9 Å². The van der Waals surface area contributed by atoms with Gasteiger partial charge in [0.1, 0.15) is 5.60 Å². The molecule has 1 amide bonds. The van der Waals surface area contributed by atoms with Gasteiger partial charge in [-0.15, -0.1) is 0 Å². The lowest BCUT2D eigenvalue weighted by Gasteiger charge is -2.32. The molecule has 6 heteroatoms. The van der Waals surface area contributed by atoms with Gasteiger partial charge in [-0.1, -0.05) is 30.3 Å². The summed E-state index contributed by atoms with van der Waals surface area (Å²) in [5, 5.41) is 0. The van der Waals surface area contributed by atoms with Crippen LogP contribution in [-0.2, 0) is 19.1 Å². The van der Waals surface area contributed by atoms with Crippen LogP contribution < -0.4 is 0 Å². The lowest BCUT2D eigenvalue weighted by Crippen LogP contribution is -2.40. The molecule has 1 aliphatic rings. The fourth-order valence-corrected chi connectivity index (χ4v) is 2.66. The van der Waals surface area contributed by atoms with E-state index in [0.717, 1.165) is 0 Å². The van der Waals surface area contributed by atoms with Crippen molar-refractivity contribution in [1.82, 2.24) is 4.90 Å². The minimum Gasteiger partial charge on any atom is -0.463 e. The summed E-state index contributed by atoms with van der Waals surface area (Å²) in [5.74, 6) is -0.686. The number of ketones is 1. The molecule has 0 aromatic heterocycles. The molecule has 0 atom stereocenters. The van der Waals surface area contributed by atoms with E-state index in [1.807, 2.05) is 30.3 Å². The Morgan fingerprint density at radius 3 is 2.44 bits per heavy atom. The van der Waals surface area contributed by atoms with E-state index in [4.69, 9.17) is 9.47 Å². The summed E-state index contributed by atoms with van der Waals surface area (Å²) in [6, 6.07) is 9.11. The zero-order valence-electron chi connectivity index (χ0n) is 16.2. The first-order valence-electron chi connectivity index (χ1n) is 8.91. The van der Waals surface area contributed by atoms with Crippen molar-refractivity contribution < 1.29 is 23.9 Å². The van der Waals surface area contributed by atoms with Crippen LogP contribution in [-0.4, -0.2) is 41.5 Å². The Morgan fingerprint density at radius 2 is 1.85 bits per heavy atom. The van der Waals surface area contributed by atoms with Crippen molar-refractivity contribution in [2.24, 2.45) is 0 Å². The molecule has 1 aliphatic heterocycles. The Balaban J connectivity index is 2.52. The summed E-state index contributed by atoms with van der Waals surface area (Å²) in [5.41, 5.74) is 0.745. The van der Waals surface area contributed by atoms with Crippen molar-refractivity contribution in [3.63, 3.8) is 0 Å². The van der Waals surface area contributed by atoms with Gasteiger partial charge in [-0.2, -0.15) is 0 Å². The maximum atomic E-state index is 12.7. The van der Waals surface area contributed by atoms with Crippen molar-refractivity contribution in [3.8, 4) is 0 Å². The van der Waals surface area contributed by atoms with Gasteiger partial charge in [0.15, 0.2) is 5.78 Å². The molecule has 1 aromatic rings. The van der Waals surface area contributed by atoms with Gasteiger partial charge in [0, 0.05) is 24.6 Å². The van der Waals surface area contributed by atoms with Gasteiger partial charge in [0.25, 0.3) is 0 Å². The highest BCUT2D eigenvalue weighted by atomic mass is 16.6. The first-order valence-corrected chi connectivity index (χ1v) is 8.91. The minimum atomic E-state index is -0.665. The maximum absolute atomic E-state index is 12.7. The van der Waals surface area contributed by atoms with E-state index in [0.29, 0.717) is 11.3 Å².